The molecular formula is C25H23ClFN3O4. The van der Waals surface area contributed by atoms with Crippen molar-refractivity contribution in [2.75, 3.05) is 12.4 Å². The first-order valence-corrected chi connectivity index (χ1v) is 10.7. The fourth-order valence-corrected chi connectivity index (χ4v) is 2.94. The van der Waals surface area contributed by atoms with Gasteiger partial charge in [0.2, 0.25) is 5.91 Å². The molecule has 0 saturated heterocycles. The smallest absolute Gasteiger partial charge is 0.252 e. The van der Waals surface area contributed by atoms with Crippen LogP contribution in [-0.4, -0.2) is 25.1 Å². The van der Waals surface area contributed by atoms with E-state index in [1.54, 1.807) is 36.4 Å². The van der Waals surface area contributed by atoms with E-state index in [-0.39, 0.29) is 5.69 Å². The molecule has 1 atom stereocenters. The first-order valence-electron chi connectivity index (χ1n) is 10.3. The number of carbonyl (C=O) groups is 2. The maximum Gasteiger partial charge on any atom is 0.252 e. The summed E-state index contributed by atoms with van der Waals surface area (Å²) in [6.45, 7) is 1.74. The highest BCUT2D eigenvalue weighted by molar-refractivity contribution is 6.30. The predicted octanol–water partition coefficient (Wildman–Crippen LogP) is 4.79. The number of benzene rings is 3. The van der Waals surface area contributed by atoms with Crippen LogP contribution in [0.4, 0.5) is 10.1 Å². The zero-order valence-electron chi connectivity index (χ0n) is 18.5. The number of rotatable bonds is 9. The van der Waals surface area contributed by atoms with Crippen molar-refractivity contribution in [3.05, 3.63) is 88.7 Å². The molecule has 3 aromatic carbocycles. The number of halogens is 2. The number of hydrogen-bond acceptors (Lipinski definition) is 5. The number of para-hydroxylation sites is 1. The third-order valence-electron chi connectivity index (χ3n) is 4.80. The average molecular weight is 484 g/mol. The molecule has 0 aliphatic carbocycles. The van der Waals surface area contributed by atoms with E-state index in [1.807, 2.05) is 12.1 Å². The second-order valence-corrected chi connectivity index (χ2v) is 7.69. The number of nitrogens with zero attached hydrogens (tertiary/aromatic N) is 1. The minimum Gasteiger partial charge on any atom is -0.493 e. The largest absolute Gasteiger partial charge is 0.493 e. The molecule has 176 valence electrons. The summed E-state index contributed by atoms with van der Waals surface area (Å²) in [5.41, 5.74) is 3.90. The van der Waals surface area contributed by atoms with E-state index in [4.69, 9.17) is 21.1 Å². The maximum absolute atomic E-state index is 13.7. The summed E-state index contributed by atoms with van der Waals surface area (Å²) in [5, 5.41) is 6.92. The zero-order chi connectivity index (χ0) is 24.5. The summed E-state index contributed by atoms with van der Waals surface area (Å²) < 4.78 is 24.9. The van der Waals surface area contributed by atoms with Crippen LogP contribution < -0.4 is 20.2 Å². The number of hydrogen-bond donors (Lipinski definition) is 2. The highest BCUT2D eigenvalue weighted by atomic mass is 35.5. The van der Waals surface area contributed by atoms with Crippen LogP contribution in [-0.2, 0) is 16.2 Å². The Bertz CT molecular complexity index is 1190. The molecular weight excluding hydrogens is 461 g/mol. The van der Waals surface area contributed by atoms with E-state index >= 15 is 0 Å². The van der Waals surface area contributed by atoms with Crippen molar-refractivity contribution in [3.63, 3.8) is 0 Å². The predicted molar refractivity (Wildman–Crippen MR) is 129 cm³/mol. The van der Waals surface area contributed by atoms with Gasteiger partial charge in [-0.3, -0.25) is 9.59 Å². The van der Waals surface area contributed by atoms with Crippen LogP contribution in [0.3, 0.4) is 0 Å². The molecule has 2 N–H and O–H groups in total. The molecule has 0 aliphatic heterocycles. The van der Waals surface area contributed by atoms with Crippen molar-refractivity contribution >= 4 is 35.3 Å². The Kier molecular flexibility index (Phi) is 8.59. The van der Waals surface area contributed by atoms with Crippen LogP contribution in [0.25, 0.3) is 0 Å². The lowest BCUT2D eigenvalue weighted by molar-refractivity contribution is -0.131. The number of ether oxygens (including phenoxy) is 2. The fraction of sp³-hybridized carbons (Fsp3) is 0.160. The van der Waals surface area contributed by atoms with E-state index < -0.39 is 23.5 Å². The van der Waals surface area contributed by atoms with E-state index in [0.29, 0.717) is 28.7 Å². The number of anilines is 1. The molecule has 3 rings (SSSR count). The Morgan fingerprint density at radius 1 is 1.06 bits per heavy atom. The molecule has 0 bridgehead atoms. The Morgan fingerprint density at radius 2 is 1.79 bits per heavy atom. The first-order chi connectivity index (χ1) is 16.4. The van der Waals surface area contributed by atoms with Crippen molar-refractivity contribution in [2.45, 2.75) is 13.5 Å². The van der Waals surface area contributed by atoms with Crippen LogP contribution in [0.5, 0.6) is 11.5 Å². The molecule has 7 nitrogen and oxygen atoms in total. The molecule has 0 spiro atoms. The van der Waals surface area contributed by atoms with Gasteiger partial charge in [-0.15, -0.1) is 0 Å². The Balaban J connectivity index is 1.55. The van der Waals surface area contributed by atoms with Gasteiger partial charge in [-0.1, -0.05) is 35.9 Å². The van der Waals surface area contributed by atoms with Gasteiger partial charge in [0.15, 0.2) is 11.5 Å². The molecule has 0 heterocycles. The number of amides is 2. The van der Waals surface area contributed by atoms with Crippen molar-refractivity contribution in [3.8, 4) is 11.5 Å². The topological polar surface area (TPSA) is 89.0 Å². The fourth-order valence-electron chi connectivity index (χ4n) is 2.82. The van der Waals surface area contributed by atoms with E-state index in [9.17, 15) is 14.0 Å². The second-order valence-electron chi connectivity index (χ2n) is 7.25. The quantitative estimate of drug-likeness (QED) is 0.260. The van der Waals surface area contributed by atoms with E-state index in [0.717, 1.165) is 5.56 Å². The average Bonchev–Trinajstić information content (AvgIpc) is 2.84. The third-order valence-corrected chi connectivity index (χ3v) is 5.05. The van der Waals surface area contributed by atoms with Crippen LogP contribution >= 0.6 is 11.6 Å². The van der Waals surface area contributed by atoms with Crippen molar-refractivity contribution in [1.29, 1.82) is 0 Å². The summed E-state index contributed by atoms with van der Waals surface area (Å²) in [4.78, 5) is 24.4. The summed E-state index contributed by atoms with van der Waals surface area (Å²) in [6, 6.07) is 18.2. The molecule has 2 amide bonds. The van der Waals surface area contributed by atoms with Gasteiger partial charge < -0.3 is 14.8 Å². The van der Waals surface area contributed by atoms with Gasteiger partial charge in [-0.05, 0) is 60.5 Å². The van der Waals surface area contributed by atoms with Crippen molar-refractivity contribution in [2.24, 2.45) is 11.0 Å². The number of hydrazone groups is 1. The number of nitrogens with one attached hydrogen (secondary N) is 2. The van der Waals surface area contributed by atoms with Crippen LogP contribution in [0.2, 0.25) is 5.02 Å². The molecule has 3 aromatic rings. The molecule has 0 aromatic heterocycles. The number of carbonyl (C=O) groups excluding carboxylic acids is 2. The Hall–Kier alpha value is -3.91. The standard InChI is InChI=1S/C25H23ClFN3O4/c1-16(24(31)29-21-6-4-3-5-20(21)27)25(32)30-28-14-18-9-12-22(23(13-18)33-2)34-15-17-7-10-19(26)11-8-17/h3-14,16H,15H2,1-2H3,(H,29,31)(H,30,32). The van der Waals surface area contributed by atoms with Crippen LogP contribution in [0.15, 0.2) is 71.8 Å². The highest BCUT2D eigenvalue weighted by Gasteiger charge is 2.22. The highest BCUT2D eigenvalue weighted by Crippen LogP contribution is 2.28. The molecule has 34 heavy (non-hydrogen) atoms. The van der Waals surface area contributed by atoms with Gasteiger partial charge in [-0.25, -0.2) is 9.82 Å². The van der Waals surface area contributed by atoms with Crippen LogP contribution in [0.1, 0.15) is 18.1 Å². The number of methoxy groups -OCH3 is 1. The zero-order valence-corrected chi connectivity index (χ0v) is 19.3. The van der Waals surface area contributed by atoms with Gasteiger partial charge in [0, 0.05) is 5.02 Å². The SMILES string of the molecule is COc1cc(C=NNC(=O)C(C)C(=O)Nc2ccccc2F)ccc1OCc1ccc(Cl)cc1. The van der Waals surface area contributed by atoms with Gasteiger partial charge in [0.1, 0.15) is 18.3 Å². The van der Waals surface area contributed by atoms with Gasteiger partial charge in [0.25, 0.3) is 5.91 Å². The lowest BCUT2D eigenvalue weighted by atomic mass is 10.1. The monoisotopic (exact) mass is 483 g/mol. The van der Waals surface area contributed by atoms with Gasteiger partial charge >= 0.3 is 0 Å². The maximum atomic E-state index is 13.7. The third kappa shape index (κ3) is 6.79. The molecule has 1 unspecified atom stereocenters. The Labute approximate surface area is 201 Å². The van der Waals surface area contributed by atoms with Crippen LogP contribution in [0, 0.1) is 11.7 Å². The minimum absolute atomic E-state index is 0.00103. The van der Waals surface area contributed by atoms with Gasteiger partial charge in [-0.2, -0.15) is 5.10 Å². The summed E-state index contributed by atoms with van der Waals surface area (Å²) >= 11 is 5.89. The van der Waals surface area contributed by atoms with Crippen molar-refractivity contribution < 1.29 is 23.5 Å². The van der Waals surface area contributed by atoms with E-state index in [2.05, 4.69) is 15.8 Å². The lowest BCUT2D eigenvalue weighted by Gasteiger charge is -2.12. The molecule has 9 heteroatoms. The molecule has 0 aliphatic rings. The first kappa shape index (κ1) is 24.7. The van der Waals surface area contributed by atoms with E-state index in [1.165, 1.54) is 38.4 Å². The molecule has 0 radical (unpaired) electrons. The normalized spacial score (nSPS) is 11.6. The second kappa shape index (κ2) is 11.8. The minimum atomic E-state index is -1.09. The summed E-state index contributed by atoms with van der Waals surface area (Å²) in [6.07, 6.45) is 1.41. The molecule has 0 saturated carbocycles. The summed E-state index contributed by atoms with van der Waals surface area (Å²) in [7, 11) is 1.52. The lowest BCUT2D eigenvalue weighted by Crippen LogP contribution is -2.34. The van der Waals surface area contributed by atoms with Gasteiger partial charge in [0.05, 0.1) is 19.0 Å². The van der Waals surface area contributed by atoms with Crippen molar-refractivity contribution in [1.82, 2.24) is 5.43 Å². The Morgan fingerprint density at radius 3 is 2.50 bits per heavy atom. The molecule has 0 fully saturated rings. The summed E-state index contributed by atoms with van der Waals surface area (Å²) in [5.74, 6) is -1.94.